The third kappa shape index (κ3) is 10.5. The highest BCUT2D eigenvalue weighted by atomic mass is 16.6. The topological polar surface area (TPSA) is 186 Å². The highest BCUT2D eigenvalue weighted by Gasteiger charge is 2.39. The van der Waals surface area contributed by atoms with E-state index in [9.17, 15) is 28.8 Å². The number of esters is 1. The number of fused-ring (bicyclic) bond motifs is 1. The van der Waals surface area contributed by atoms with Crippen molar-refractivity contribution < 1.29 is 47.7 Å². The third-order valence-corrected chi connectivity index (χ3v) is 11.8. The van der Waals surface area contributed by atoms with Crippen molar-refractivity contribution in [1.29, 1.82) is 0 Å². The van der Waals surface area contributed by atoms with Gasteiger partial charge in [-0.15, -0.1) is 0 Å². The molecular formula is C42H58N6O10. The van der Waals surface area contributed by atoms with Gasteiger partial charge in [-0.25, -0.2) is 9.78 Å². The summed E-state index contributed by atoms with van der Waals surface area (Å²) in [6.45, 7) is 8.53. The molecule has 2 N–H and O–H groups in total. The number of ether oxygens (including phenoxy) is 4. The molecule has 6 rings (SSSR count). The number of piperazine rings is 1. The molecule has 1 aromatic heterocycles. The predicted molar refractivity (Wildman–Crippen MR) is 212 cm³/mol. The van der Waals surface area contributed by atoms with E-state index in [-0.39, 0.29) is 86.9 Å². The Kier molecular flexibility index (Phi) is 14.4. The first-order valence-electron chi connectivity index (χ1n) is 20.9. The molecule has 2 aromatic rings. The molecule has 1 aliphatic carbocycles. The number of benzene rings is 1. The highest BCUT2D eigenvalue weighted by Crippen LogP contribution is 2.32. The maximum absolute atomic E-state index is 14.1. The van der Waals surface area contributed by atoms with Gasteiger partial charge in [0.25, 0.3) is 11.8 Å². The number of aryl methyl sites for hydroxylation is 1. The third-order valence-electron chi connectivity index (χ3n) is 11.8. The molecule has 16 heteroatoms. The van der Waals surface area contributed by atoms with Gasteiger partial charge in [0.15, 0.2) is 6.61 Å². The second-order valence-corrected chi connectivity index (χ2v) is 16.0. The number of nitrogens with zero attached hydrogens (tertiary/aromatic N) is 4. The lowest BCUT2D eigenvalue weighted by molar-refractivity contribution is -0.170. The van der Waals surface area contributed by atoms with Crippen molar-refractivity contribution in [3.05, 3.63) is 35.5 Å². The minimum atomic E-state index is -1.12. The summed E-state index contributed by atoms with van der Waals surface area (Å²) in [6, 6.07) is 5.41. The van der Waals surface area contributed by atoms with Crippen LogP contribution >= 0.6 is 0 Å². The van der Waals surface area contributed by atoms with E-state index in [0.717, 1.165) is 44.1 Å². The molecule has 16 nitrogen and oxygen atoms in total. The average Bonchev–Trinajstić information content (AvgIpc) is 3.69. The first-order valence-corrected chi connectivity index (χ1v) is 20.9. The Balaban J connectivity index is 1.15. The molecule has 1 aromatic carbocycles. The SMILES string of the molecule is CCCCOC(=O)N1CCN(C(=O)C(CCC(=O)OCC2(CC)COC2)NC(=O)c2cc(OCC(=O)N3CCCC3C(=O)NC3CCC3)c3ccc(C)cc3n2)CC1. The number of unbranched alkanes of at least 4 members (excludes halogenated alkanes) is 1. The maximum atomic E-state index is 14.1. The van der Waals surface area contributed by atoms with Crippen LogP contribution in [0.25, 0.3) is 10.9 Å². The van der Waals surface area contributed by atoms with E-state index >= 15 is 0 Å². The van der Waals surface area contributed by atoms with E-state index in [2.05, 4.69) is 15.6 Å². The van der Waals surface area contributed by atoms with Gasteiger partial charge in [0, 0.05) is 56.6 Å². The minimum absolute atomic E-state index is 0.0336. The predicted octanol–water partition coefficient (Wildman–Crippen LogP) is 3.51. The van der Waals surface area contributed by atoms with Crippen LogP contribution in [-0.2, 0) is 33.4 Å². The van der Waals surface area contributed by atoms with Gasteiger partial charge < -0.3 is 44.3 Å². The molecule has 316 valence electrons. The van der Waals surface area contributed by atoms with Crippen molar-refractivity contribution >= 4 is 46.6 Å². The summed E-state index contributed by atoms with van der Waals surface area (Å²) < 4.78 is 22.4. The molecule has 0 bridgehead atoms. The Hall–Kier alpha value is -4.99. The van der Waals surface area contributed by atoms with Gasteiger partial charge in [-0.1, -0.05) is 26.3 Å². The highest BCUT2D eigenvalue weighted by molar-refractivity contribution is 5.99. The van der Waals surface area contributed by atoms with Crippen LogP contribution in [0.5, 0.6) is 5.75 Å². The lowest BCUT2D eigenvalue weighted by Crippen LogP contribution is -2.56. The molecule has 58 heavy (non-hydrogen) atoms. The van der Waals surface area contributed by atoms with E-state index in [1.54, 1.807) is 26.8 Å². The van der Waals surface area contributed by atoms with Crippen molar-refractivity contribution in [2.24, 2.45) is 5.41 Å². The minimum Gasteiger partial charge on any atom is -0.483 e. The van der Waals surface area contributed by atoms with E-state index in [0.29, 0.717) is 50.1 Å². The van der Waals surface area contributed by atoms with Crippen molar-refractivity contribution in [2.75, 3.05) is 65.8 Å². The summed E-state index contributed by atoms with van der Waals surface area (Å²) in [5, 5.41) is 6.46. The fraction of sp³-hybridized carbons (Fsp3) is 0.643. The summed E-state index contributed by atoms with van der Waals surface area (Å²) in [5.41, 5.74) is 1.08. The van der Waals surface area contributed by atoms with Gasteiger partial charge in [-0.05, 0) is 76.0 Å². The molecule has 4 heterocycles. The van der Waals surface area contributed by atoms with Crippen molar-refractivity contribution in [3.63, 3.8) is 0 Å². The average molecular weight is 807 g/mol. The number of aromatic nitrogens is 1. The Morgan fingerprint density at radius 1 is 0.948 bits per heavy atom. The van der Waals surface area contributed by atoms with Gasteiger partial charge in [0.1, 0.15) is 30.1 Å². The zero-order valence-corrected chi connectivity index (χ0v) is 34.1. The summed E-state index contributed by atoms with van der Waals surface area (Å²) in [7, 11) is 0. The van der Waals surface area contributed by atoms with Crippen molar-refractivity contribution in [1.82, 2.24) is 30.3 Å². The summed E-state index contributed by atoms with van der Waals surface area (Å²) in [5.74, 6) is -1.80. The van der Waals surface area contributed by atoms with Crippen LogP contribution in [0.3, 0.4) is 0 Å². The fourth-order valence-electron chi connectivity index (χ4n) is 7.52. The normalized spacial score (nSPS) is 19.4. The molecule has 1 saturated carbocycles. The fourth-order valence-corrected chi connectivity index (χ4v) is 7.52. The standard InChI is InChI=1S/C42H58N6O10/c1-4-6-21-56-41(54)47-19-17-46(18-20-47)40(53)31(14-15-37(50)58-27-42(5-2)25-55-26-42)45-38(51)33-23-35(30-13-12-28(3)22-32(30)44-33)57-24-36(49)48-16-8-11-34(48)39(52)43-29-9-7-10-29/h12-13,22-23,29,31,34H,4-11,14-21,24-27H2,1-3H3,(H,43,52)(H,45,51). The number of hydrogen-bond donors (Lipinski definition) is 2. The number of carbonyl (C=O) groups excluding carboxylic acids is 6. The molecule has 4 aliphatic rings. The Bertz CT molecular complexity index is 1820. The number of nitrogens with one attached hydrogen (secondary N) is 2. The molecule has 5 amide bonds. The van der Waals surface area contributed by atoms with Gasteiger partial charge in [-0.3, -0.25) is 24.0 Å². The maximum Gasteiger partial charge on any atom is 0.409 e. The number of pyridine rings is 1. The zero-order chi connectivity index (χ0) is 41.2. The van der Waals surface area contributed by atoms with Crippen LogP contribution in [0, 0.1) is 12.3 Å². The Morgan fingerprint density at radius 3 is 2.38 bits per heavy atom. The molecule has 0 radical (unpaired) electrons. The zero-order valence-electron chi connectivity index (χ0n) is 34.1. The van der Waals surface area contributed by atoms with E-state index in [1.807, 2.05) is 26.8 Å². The molecule has 2 atom stereocenters. The number of hydrogen-bond acceptors (Lipinski definition) is 11. The molecule has 0 spiro atoms. The van der Waals surface area contributed by atoms with Crippen LogP contribution in [-0.4, -0.2) is 139 Å². The van der Waals surface area contributed by atoms with E-state index in [1.165, 1.54) is 6.07 Å². The number of rotatable bonds is 17. The van der Waals surface area contributed by atoms with Crippen LogP contribution in [0.1, 0.15) is 94.1 Å². The number of carbonyl (C=O) groups is 6. The first-order chi connectivity index (χ1) is 28.0. The Morgan fingerprint density at radius 2 is 1.71 bits per heavy atom. The molecule has 3 saturated heterocycles. The van der Waals surface area contributed by atoms with E-state index < -0.39 is 36.0 Å². The summed E-state index contributed by atoms with van der Waals surface area (Å²) >= 11 is 0. The van der Waals surface area contributed by atoms with Crippen molar-refractivity contribution in [2.45, 2.75) is 103 Å². The number of amides is 5. The van der Waals surface area contributed by atoms with Gasteiger partial charge in [0.2, 0.25) is 11.8 Å². The quantitative estimate of drug-likeness (QED) is 0.176. The molecule has 2 unspecified atom stereocenters. The van der Waals surface area contributed by atoms with Gasteiger partial charge in [-0.2, -0.15) is 0 Å². The van der Waals surface area contributed by atoms with Crippen LogP contribution in [0.4, 0.5) is 4.79 Å². The van der Waals surface area contributed by atoms with E-state index in [4.69, 9.17) is 18.9 Å². The smallest absolute Gasteiger partial charge is 0.409 e. The molecule has 4 fully saturated rings. The molecular weight excluding hydrogens is 748 g/mol. The lowest BCUT2D eigenvalue weighted by atomic mass is 9.84. The largest absolute Gasteiger partial charge is 0.483 e. The Labute approximate surface area is 339 Å². The lowest BCUT2D eigenvalue weighted by Gasteiger charge is -2.40. The second-order valence-electron chi connectivity index (χ2n) is 16.0. The monoisotopic (exact) mass is 806 g/mol. The van der Waals surface area contributed by atoms with Crippen molar-refractivity contribution in [3.8, 4) is 5.75 Å². The van der Waals surface area contributed by atoms with Gasteiger partial charge in [0.05, 0.1) is 30.8 Å². The van der Waals surface area contributed by atoms with Crippen LogP contribution in [0.2, 0.25) is 0 Å². The second kappa shape index (κ2) is 19.6. The molecule has 3 aliphatic heterocycles. The summed E-state index contributed by atoms with van der Waals surface area (Å²) in [6.07, 6.45) is 6.15. The van der Waals surface area contributed by atoms with Crippen LogP contribution in [0.15, 0.2) is 24.3 Å². The van der Waals surface area contributed by atoms with Gasteiger partial charge >= 0.3 is 12.1 Å². The first kappa shape index (κ1) is 42.6. The number of likely N-dealkylation sites (tertiary alicyclic amines) is 1. The van der Waals surface area contributed by atoms with Crippen LogP contribution < -0.4 is 15.4 Å². The summed E-state index contributed by atoms with van der Waals surface area (Å²) in [4.78, 5) is 89.4.